The minimum Gasteiger partial charge on any atom is -0.0716 e. The van der Waals surface area contributed by atoms with Crippen LogP contribution in [0, 0.1) is 0 Å². The summed E-state index contributed by atoms with van der Waals surface area (Å²) in [4.78, 5) is 0. The van der Waals surface area contributed by atoms with Crippen molar-refractivity contribution < 1.29 is 0 Å². The summed E-state index contributed by atoms with van der Waals surface area (Å²) in [5.74, 6) is 0.528. The number of rotatable bonds is 1. The summed E-state index contributed by atoms with van der Waals surface area (Å²) in [5, 5.41) is 0. The van der Waals surface area contributed by atoms with Crippen LogP contribution < -0.4 is 0 Å². The molecule has 2 aromatic carbocycles. The molecule has 2 aliphatic carbocycles. The Balaban J connectivity index is 1.87. The Labute approximate surface area is 114 Å². The zero-order chi connectivity index (χ0) is 12.8. The predicted octanol–water partition coefficient (Wildman–Crippen LogP) is 4.83. The smallest absolute Gasteiger partial charge is 0.000514 e. The Morgan fingerprint density at radius 3 is 2.47 bits per heavy atom. The zero-order valence-corrected chi connectivity index (χ0v) is 11.1. The van der Waals surface area contributed by atoms with Crippen molar-refractivity contribution in [1.29, 1.82) is 0 Å². The van der Waals surface area contributed by atoms with E-state index in [1.54, 1.807) is 0 Å². The third-order valence-electron chi connectivity index (χ3n) is 4.28. The van der Waals surface area contributed by atoms with E-state index < -0.39 is 0 Å². The summed E-state index contributed by atoms with van der Waals surface area (Å²) in [7, 11) is 0. The molecule has 1 atom stereocenters. The first-order valence-electron chi connectivity index (χ1n) is 6.94. The highest BCUT2D eigenvalue weighted by atomic mass is 14.3. The summed E-state index contributed by atoms with van der Waals surface area (Å²) in [6, 6.07) is 17.6. The summed E-state index contributed by atoms with van der Waals surface area (Å²) in [5.41, 5.74) is 8.59. The molecule has 19 heavy (non-hydrogen) atoms. The molecule has 0 saturated carbocycles. The number of benzene rings is 2. The lowest BCUT2D eigenvalue weighted by Gasteiger charge is -2.09. The van der Waals surface area contributed by atoms with Crippen molar-refractivity contribution in [1.82, 2.24) is 0 Å². The molecule has 2 aliphatic rings. The fourth-order valence-corrected chi connectivity index (χ4v) is 3.34. The molecule has 0 amide bonds. The molecule has 0 radical (unpaired) electrons. The molecule has 0 nitrogen and oxygen atoms in total. The van der Waals surface area contributed by atoms with Gasteiger partial charge in [0.1, 0.15) is 0 Å². The molecule has 1 unspecified atom stereocenters. The topological polar surface area (TPSA) is 0 Å². The van der Waals surface area contributed by atoms with Crippen molar-refractivity contribution in [3.63, 3.8) is 0 Å². The van der Waals surface area contributed by atoms with Gasteiger partial charge in [-0.1, -0.05) is 67.6 Å². The van der Waals surface area contributed by atoms with Gasteiger partial charge < -0.3 is 0 Å². The van der Waals surface area contributed by atoms with Crippen molar-refractivity contribution >= 4 is 11.1 Å². The molecule has 0 heterocycles. The van der Waals surface area contributed by atoms with Gasteiger partial charge in [0, 0.05) is 5.92 Å². The Morgan fingerprint density at radius 1 is 0.842 bits per heavy atom. The molecule has 0 heteroatoms. The van der Waals surface area contributed by atoms with Crippen molar-refractivity contribution in [2.45, 2.75) is 19.3 Å². The molecule has 92 valence electrons. The molecule has 2 aromatic rings. The Bertz CT molecular complexity index is 716. The summed E-state index contributed by atoms with van der Waals surface area (Å²) in [6.45, 7) is 2.28. The first-order valence-corrected chi connectivity index (χ1v) is 6.94. The van der Waals surface area contributed by atoms with Crippen LogP contribution >= 0.6 is 0 Å². The Kier molecular flexibility index (Phi) is 2.25. The first kappa shape index (κ1) is 10.8. The first-order chi connectivity index (χ1) is 9.34. The van der Waals surface area contributed by atoms with E-state index in [1.165, 1.54) is 33.4 Å². The van der Waals surface area contributed by atoms with E-state index in [2.05, 4.69) is 67.6 Å². The van der Waals surface area contributed by atoms with Crippen LogP contribution in [-0.2, 0) is 6.42 Å². The van der Waals surface area contributed by atoms with E-state index >= 15 is 0 Å². The molecule has 0 aromatic heterocycles. The summed E-state index contributed by atoms with van der Waals surface area (Å²) >= 11 is 0. The fourth-order valence-electron chi connectivity index (χ4n) is 3.34. The molecule has 0 fully saturated rings. The van der Waals surface area contributed by atoms with Crippen LogP contribution in [0.4, 0.5) is 0 Å². The number of fused-ring (bicyclic) bond motifs is 2. The van der Waals surface area contributed by atoms with Crippen LogP contribution in [0.1, 0.15) is 35.1 Å². The van der Waals surface area contributed by atoms with Crippen molar-refractivity contribution in [3.8, 4) is 0 Å². The molecule has 0 bridgehead atoms. The standard InChI is InChI=1S/C19H16/c1-13-12-19(17-9-5-4-7-15(13)17)18-11-10-14-6-2-3-8-16(14)18/h2-9,11-13H,10H2,1H3. The van der Waals surface area contributed by atoms with Gasteiger partial charge in [0.2, 0.25) is 0 Å². The predicted molar refractivity (Wildman–Crippen MR) is 81.0 cm³/mol. The van der Waals surface area contributed by atoms with Crippen LogP contribution in [0.15, 0.2) is 60.7 Å². The van der Waals surface area contributed by atoms with Gasteiger partial charge in [-0.3, -0.25) is 0 Å². The van der Waals surface area contributed by atoms with Gasteiger partial charge in [0.05, 0.1) is 0 Å². The highest BCUT2D eigenvalue weighted by Gasteiger charge is 2.25. The van der Waals surface area contributed by atoms with Crippen LogP contribution in [0.5, 0.6) is 0 Å². The minimum absolute atomic E-state index is 0.528. The molecular formula is C19H16. The average Bonchev–Trinajstić information content (AvgIpc) is 3.01. The lowest BCUT2D eigenvalue weighted by atomic mass is 9.95. The Morgan fingerprint density at radius 2 is 1.58 bits per heavy atom. The lowest BCUT2D eigenvalue weighted by Crippen LogP contribution is -1.89. The van der Waals surface area contributed by atoms with Crippen LogP contribution in [-0.4, -0.2) is 0 Å². The van der Waals surface area contributed by atoms with E-state index in [0.29, 0.717) is 5.92 Å². The number of hydrogen-bond donors (Lipinski definition) is 0. The molecule has 0 saturated heterocycles. The van der Waals surface area contributed by atoms with Crippen molar-refractivity contribution in [3.05, 3.63) is 82.9 Å². The fraction of sp³-hybridized carbons (Fsp3) is 0.158. The third-order valence-corrected chi connectivity index (χ3v) is 4.28. The summed E-state index contributed by atoms with van der Waals surface area (Å²) in [6.07, 6.45) is 5.86. The second-order valence-corrected chi connectivity index (χ2v) is 5.44. The van der Waals surface area contributed by atoms with E-state index in [9.17, 15) is 0 Å². The van der Waals surface area contributed by atoms with Crippen LogP contribution in [0.2, 0.25) is 0 Å². The molecule has 0 aliphatic heterocycles. The van der Waals surface area contributed by atoms with Gasteiger partial charge in [-0.15, -0.1) is 0 Å². The van der Waals surface area contributed by atoms with Gasteiger partial charge in [0.15, 0.2) is 0 Å². The van der Waals surface area contributed by atoms with Gasteiger partial charge in [-0.2, -0.15) is 0 Å². The maximum atomic E-state index is 2.42. The lowest BCUT2D eigenvalue weighted by molar-refractivity contribution is 0.990. The monoisotopic (exact) mass is 244 g/mol. The van der Waals surface area contributed by atoms with Crippen LogP contribution in [0.3, 0.4) is 0 Å². The minimum atomic E-state index is 0.528. The largest absolute Gasteiger partial charge is 0.0716 e. The third kappa shape index (κ3) is 1.53. The maximum Gasteiger partial charge on any atom is 0.000514 e. The molecular weight excluding hydrogens is 228 g/mol. The Hall–Kier alpha value is -2.08. The normalized spacial score (nSPS) is 19.7. The number of allylic oxidation sites excluding steroid dienone is 4. The van der Waals surface area contributed by atoms with Crippen LogP contribution in [0.25, 0.3) is 11.1 Å². The van der Waals surface area contributed by atoms with Gasteiger partial charge in [0.25, 0.3) is 0 Å². The van der Waals surface area contributed by atoms with Gasteiger partial charge in [-0.05, 0) is 39.8 Å². The second kappa shape index (κ2) is 3.96. The SMILES string of the molecule is CC1C=C(C2=CCc3ccccc32)c2ccccc21. The highest BCUT2D eigenvalue weighted by molar-refractivity contribution is 6.09. The van der Waals surface area contributed by atoms with Gasteiger partial charge in [-0.25, -0.2) is 0 Å². The maximum absolute atomic E-state index is 2.42. The second-order valence-electron chi connectivity index (χ2n) is 5.44. The van der Waals surface area contributed by atoms with Gasteiger partial charge >= 0.3 is 0 Å². The van der Waals surface area contributed by atoms with E-state index in [4.69, 9.17) is 0 Å². The highest BCUT2D eigenvalue weighted by Crippen LogP contribution is 2.45. The van der Waals surface area contributed by atoms with Crippen molar-refractivity contribution in [2.75, 3.05) is 0 Å². The van der Waals surface area contributed by atoms with E-state index in [1.807, 2.05) is 0 Å². The molecule has 0 N–H and O–H groups in total. The average molecular weight is 244 g/mol. The zero-order valence-electron chi connectivity index (χ0n) is 11.1. The molecule has 0 spiro atoms. The van der Waals surface area contributed by atoms with E-state index in [-0.39, 0.29) is 0 Å². The number of hydrogen-bond acceptors (Lipinski definition) is 0. The van der Waals surface area contributed by atoms with E-state index in [0.717, 1.165) is 6.42 Å². The summed E-state index contributed by atoms with van der Waals surface area (Å²) < 4.78 is 0. The van der Waals surface area contributed by atoms with Crippen molar-refractivity contribution in [2.24, 2.45) is 0 Å². The molecule has 4 rings (SSSR count). The quantitative estimate of drug-likeness (QED) is 0.674.